The van der Waals surface area contributed by atoms with Gasteiger partial charge >= 0.3 is 0 Å². The summed E-state index contributed by atoms with van der Waals surface area (Å²) in [6.07, 6.45) is 12.1. The van der Waals surface area contributed by atoms with Crippen LogP contribution >= 0.6 is 0 Å². The van der Waals surface area contributed by atoms with Gasteiger partial charge in [0.2, 0.25) is 5.91 Å². The van der Waals surface area contributed by atoms with Crippen molar-refractivity contribution in [3.63, 3.8) is 0 Å². The molecular weight excluding hydrogens is 198 g/mol. The number of carbonyl (C=O) groups is 1. The molecule has 0 aromatic carbocycles. The van der Waals surface area contributed by atoms with E-state index in [-0.39, 0.29) is 11.8 Å². The van der Waals surface area contributed by atoms with Crippen LogP contribution in [0.15, 0.2) is 0 Å². The molecule has 1 aliphatic heterocycles. The van der Waals surface area contributed by atoms with E-state index < -0.39 is 0 Å². The van der Waals surface area contributed by atoms with E-state index in [1.165, 1.54) is 25.7 Å². The summed E-state index contributed by atoms with van der Waals surface area (Å²) in [7, 11) is 0. The minimum Gasteiger partial charge on any atom is -0.339 e. The Hall–Kier alpha value is -0.970. The second-order valence-corrected chi connectivity index (χ2v) is 4.81. The zero-order valence-corrected chi connectivity index (χ0v) is 10.5. The number of carbonyl (C=O) groups excluding carboxylic acids is 1. The number of hydrogen-bond donors (Lipinski definition) is 0. The molecule has 2 heteroatoms. The minimum atomic E-state index is 0.144. The van der Waals surface area contributed by atoms with Gasteiger partial charge in [0.25, 0.3) is 0 Å². The summed E-state index contributed by atoms with van der Waals surface area (Å²) in [4.78, 5) is 13.7. The third-order valence-corrected chi connectivity index (χ3v) is 3.40. The summed E-state index contributed by atoms with van der Waals surface area (Å²) in [5.41, 5.74) is 0. The highest BCUT2D eigenvalue weighted by molar-refractivity contribution is 5.79. The van der Waals surface area contributed by atoms with Gasteiger partial charge in [0.1, 0.15) is 0 Å². The van der Waals surface area contributed by atoms with Gasteiger partial charge in [-0.05, 0) is 13.3 Å². The molecule has 0 radical (unpaired) electrons. The zero-order valence-electron chi connectivity index (χ0n) is 10.5. The number of terminal acetylenes is 1. The SMILES string of the molecule is C#CC1CC(=O)N(C(C)CCCCCC)C1. The van der Waals surface area contributed by atoms with Crippen molar-refractivity contribution in [3.8, 4) is 12.3 Å². The van der Waals surface area contributed by atoms with Crippen LogP contribution in [0.4, 0.5) is 0 Å². The van der Waals surface area contributed by atoms with Crippen molar-refractivity contribution in [3.05, 3.63) is 0 Å². The summed E-state index contributed by atoms with van der Waals surface area (Å²) in [5.74, 6) is 3.08. The van der Waals surface area contributed by atoms with Gasteiger partial charge in [0, 0.05) is 24.9 Å². The quantitative estimate of drug-likeness (QED) is 0.499. The number of rotatable bonds is 6. The molecule has 2 atom stereocenters. The largest absolute Gasteiger partial charge is 0.339 e. The highest BCUT2D eigenvalue weighted by atomic mass is 16.2. The first-order valence-corrected chi connectivity index (χ1v) is 6.44. The summed E-state index contributed by atoms with van der Waals surface area (Å²) in [6.45, 7) is 5.12. The third kappa shape index (κ3) is 3.56. The molecule has 90 valence electrons. The maximum Gasteiger partial charge on any atom is 0.224 e. The van der Waals surface area contributed by atoms with Crippen molar-refractivity contribution in [1.29, 1.82) is 0 Å². The summed E-state index contributed by atoms with van der Waals surface area (Å²) in [6, 6.07) is 0.364. The molecule has 1 rings (SSSR count). The molecule has 0 saturated carbocycles. The van der Waals surface area contributed by atoms with Gasteiger partial charge in [0.05, 0.1) is 0 Å². The number of nitrogens with zero attached hydrogens (tertiary/aromatic N) is 1. The van der Waals surface area contributed by atoms with Crippen molar-refractivity contribution in [2.45, 2.75) is 58.4 Å². The lowest BCUT2D eigenvalue weighted by molar-refractivity contribution is -0.129. The van der Waals surface area contributed by atoms with E-state index >= 15 is 0 Å². The Morgan fingerprint density at radius 3 is 2.81 bits per heavy atom. The Balaban J connectivity index is 2.29. The lowest BCUT2D eigenvalue weighted by atomic mass is 10.1. The van der Waals surface area contributed by atoms with E-state index in [0.717, 1.165) is 13.0 Å². The summed E-state index contributed by atoms with van der Waals surface area (Å²) in [5, 5.41) is 0. The highest BCUT2D eigenvalue weighted by Crippen LogP contribution is 2.21. The topological polar surface area (TPSA) is 20.3 Å². The van der Waals surface area contributed by atoms with Crippen molar-refractivity contribution in [2.24, 2.45) is 5.92 Å². The predicted molar refractivity (Wildman–Crippen MR) is 66.9 cm³/mol. The van der Waals surface area contributed by atoms with Gasteiger partial charge in [-0.25, -0.2) is 0 Å². The normalized spacial score (nSPS) is 22.2. The van der Waals surface area contributed by atoms with Gasteiger partial charge in [-0.15, -0.1) is 12.3 Å². The Kier molecular flexibility index (Phi) is 5.38. The number of hydrogen-bond acceptors (Lipinski definition) is 1. The summed E-state index contributed by atoms with van der Waals surface area (Å²) >= 11 is 0. The van der Waals surface area contributed by atoms with Crippen molar-refractivity contribution in [1.82, 2.24) is 4.90 Å². The Morgan fingerprint density at radius 1 is 1.50 bits per heavy atom. The maximum absolute atomic E-state index is 11.7. The molecule has 1 fully saturated rings. The first-order valence-electron chi connectivity index (χ1n) is 6.44. The lowest BCUT2D eigenvalue weighted by Gasteiger charge is -2.24. The standard InChI is InChI=1S/C14H23NO/c1-4-6-7-8-9-12(3)15-11-13(5-2)10-14(15)16/h2,12-13H,4,6-11H2,1,3H3. The van der Waals surface area contributed by atoms with Gasteiger partial charge in [-0.3, -0.25) is 4.79 Å². The number of likely N-dealkylation sites (tertiary alicyclic amines) is 1. The van der Waals surface area contributed by atoms with Crippen LogP contribution in [-0.2, 0) is 4.79 Å². The smallest absolute Gasteiger partial charge is 0.224 e. The fourth-order valence-electron chi connectivity index (χ4n) is 2.29. The average molecular weight is 221 g/mol. The van der Waals surface area contributed by atoms with Crippen LogP contribution in [0, 0.1) is 18.3 Å². The van der Waals surface area contributed by atoms with Crippen LogP contribution in [0.3, 0.4) is 0 Å². The van der Waals surface area contributed by atoms with Crippen molar-refractivity contribution in [2.75, 3.05) is 6.54 Å². The summed E-state index contributed by atoms with van der Waals surface area (Å²) < 4.78 is 0. The fourth-order valence-corrected chi connectivity index (χ4v) is 2.29. The second kappa shape index (κ2) is 6.58. The monoisotopic (exact) mass is 221 g/mol. The van der Waals surface area contributed by atoms with Crippen LogP contribution in [0.2, 0.25) is 0 Å². The maximum atomic E-state index is 11.7. The third-order valence-electron chi connectivity index (χ3n) is 3.40. The van der Waals surface area contributed by atoms with E-state index in [1.807, 2.05) is 4.90 Å². The van der Waals surface area contributed by atoms with Gasteiger partial charge in [0.15, 0.2) is 0 Å². The Labute approximate surface area is 99.4 Å². The van der Waals surface area contributed by atoms with Gasteiger partial charge < -0.3 is 4.90 Å². The van der Waals surface area contributed by atoms with Crippen molar-refractivity contribution < 1.29 is 4.79 Å². The average Bonchev–Trinajstić information content (AvgIpc) is 2.66. The molecule has 2 nitrogen and oxygen atoms in total. The van der Waals surface area contributed by atoms with E-state index in [2.05, 4.69) is 19.8 Å². The lowest BCUT2D eigenvalue weighted by Crippen LogP contribution is -2.34. The predicted octanol–water partition coefficient (Wildman–Crippen LogP) is 2.83. The fraction of sp³-hybridized carbons (Fsp3) is 0.786. The first kappa shape index (κ1) is 13.1. The van der Waals surface area contributed by atoms with E-state index in [1.54, 1.807) is 0 Å². The minimum absolute atomic E-state index is 0.144. The molecule has 0 spiro atoms. The molecule has 1 aliphatic rings. The molecule has 0 bridgehead atoms. The second-order valence-electron chi connectivity index (χ2n) is 4.81. The van der Waals surface area contributed by atoms with E-state index in [4.69, 9.17) is 6.42 Å². The Morgan fingerprint density at radius 2 is 2.25 bits per heavy atom. The number of amides is 1. The molecule has 1 saturated heterocycles. The molecule has 0 N–H and O–H groups in total. The van der Waals surface area contributed by atoms with Crippen molar-refractivity contribution >= 4 is 5.91 Å². The molecule has 0 aromatic heterocycles. The molecular formula is C14H23NO. The van der Waals surface area contributed by atoms with Gasteiger partial charge in [-0.2, -0.15) is 0 Å². The zero-order chi connectivity index (χ0) is 12.0. The van der Waals surface area contributed by atoms with Crippen LogP contribution in [0.25, 0.3) is 0 Å². The molecule has 16 heavy (non-hydrogen) atoms. The van der Waals surface area contributed by atoms with Crippen LogP contribution < -0.4 is 0 Å². The molecule has 1 heterocycles. The molecule has 1 amide bonds. The molecule has 2 unspecified atom stereocenters. The van der Waals surface area contributed by atoms with E-state index in [0.29, 0.717) is 12.5 Å². The van der Waals surface area contributed by atoms with Gasteiger partial charge in [-0.1, -0.05) is 32.6 Å². The van der Waals surface area contributed by atoms with Crippen LogP contribution in [0.5, 0.6) is 0 Å². The molecule has 0 aromatic rings. The van der Waals surface area contributed by atoms with Crippen LogP contribution in [-0.4, -0.2) is 23.4 Å². The highest BCUT2D eigenvalue weighted by Gasteiger charge is 2.30. The van der Waals surface area contributed by atoms with E-state index in [9.17, 15) is 4.79 Å². The number of unbranched alkanes of at least 4 members (excludes halogenated alkanes) is 3. The van der Waals surface area contributed by atoms with Crippen LogP contribution in [0.1, 0.15) is 52.4 Å². The Bertz CT molecular complexity index is 266. The molecule has 0 aliphatic carbocycles. The first-order chi connectivity index (χ1) is 7.69.